The highest BCUT2D eigenvalue weighted by Gasteiger charge is 2.29. The molecule has 4 nitrogen and oxygen atoms in total. The predicted octanol–water partition coefficient (Wildman–Crippen LogP) is 2.73. The fourth-order valence-electron chi connectivity index (χ4n) is 2.90. The molecule has 0 amide bonds. The number of unbranched alkanes of at least 4 members (excludes halogenated alkanes) is 1. The van der Waals surface area contributed by atoms with Crippen LogP contribution in [0.5, 0.6) is 0 Å². The molecule has 1 atom stereocenters. The third-order valence-corrected chi connectivity index (χ3v) is 3.98. The number of carbonyl (C=O) groups excluding carboxylic acids is 1. The molecule has 0 aliphatic carbocycles. The highest BCUT2D eigenvalue weighted by molar-refractivity contribution is 5.85. The van der Waals surface area contributed by atoms with Gasteiger partial charge < -0.3 is 9.64 Å². The van der Waals surface area contributed by atoms with Crippen LogP contribution in [0.4, 0.5) is 0 Å². The number of rotatable bonds is 5. The summed E-state index contributed by atoms with van der Waals surface area (Å²) in [5.41, 5.74) is 2.78. The van der Waals surface area contributed by atoms with Crippen molar-refractivity contribution < 1.29 is 9.53 Å². The van der Waals surface area contributed by atoms with Crippen LogP contribution < -0.4 is 0 Å². The van der Waals surface area contributed by atoms with Crippen LogP contribution in [-0.2, 0) is 9.53 Å². The molecule has 0 aromatic carbocycles. The highest BCUT2D eigenvalue weighted by atomic mass is 16.5. The molecule has 0 aromatic heterocycles. The first-order chi connectivity index (χ1) is 9.81. The molecule has 0 saturated carbocycles. The zero-order chi connectivity index (χ0) is 14.4. The van der Waals surface area contributed by atoms with E-state index in [1.807, 2.05) is 6.21 Å². The van der Waals surface area contributed by atoms with Gasteiger partial charge in [0.2, 0.25) is 0 Å². The van der Waals surface area contributed by atoms with Gasteiger partial charge in [0.25, 0.3) is 0 Å². The lowest BCUT2D eigenvalue weighted by atomic mass is 9.97. The Balaban J connectivity index is 2.34. The molecule has 0 spiro atoms. The van der Waals surface area contributed by atoms with E-state index in [1.54, 1.807) is 7.11 Å². The molecule has 110 valence electrons. The zero-order valence-electron chi connectivity index (χ0n) is 12.5. The maximum atomic E-state index is 11.4. The fourth-order valence-corrected chi connectivity index (χ4v) is 2.90. The highest BCUT2D eigenvalue weighted by Crippen LogP contribution is 2.30. The van der Waals surface area contributed by atoms with Crippen LogP contribution in [0.1, 0.15) is 45.4 Å². The summed E-state index contributed by atoms with van der Waals surface area (Å²) in [4.78, 5) is 18.1. The normalized spacial score (nSPS) is 23.2. The van der Waals surface area contributed by atoms with Gasteiger partial charge in [-0.25, -0.2) is 4.79 Å². The average Bonchev–Trinajstić information content (AvgIpc) is 2.52. The van der Waals surface area contributed by atoms with Gasteiger partial charge in [0.05, 0.1) is 5.70 Å². The van der Waals surface area contributed by atoms with Crippen molar-refractivity contribution in [3.05, 3.63) is 16.8 Å². The van der Waals surface area contributed by atoms with Crippen LogP contribution >= 0.6 is 0 Å². The van der Waals surface area contributed by atoms with Gasteiger partial charge in [-0.3, -0.25) is 4.99 Å². The first-order valence-corrected chi connectivity index (χ1v) is 7.61. The lowest BCUT2D eigenvalue weighted by molar-refractivity contribution is 0.135. The van der Waals surface area contributed by atoms with E-state index in [0.717, 1.165) is 38.0 Å². The van der Waals surface area contributed by atoms with Crippen molar-refractivity contribution in [3.8, 4) is 0 Å². The molecule has 0 radical (unpaired) electrons. The molecular weight excluding hydrogens is 252 g/mol. The number of hydrogen-bond donors (Lipinski definition) is 0. The maximum absolute atomic E-state index is 11.4. The van der Waals surface area contributed by atoms with Crippen LogP contribution in [0.3, 0.4) is 0 Å². The second-order valence-corrected chi connectivity index (χ2v) is 5.41. The third kappa shape index (κ3) is 3.20. The summed E-state index contributed by atoms with van der Waals surface area (Å²) in [6.45, 7) is 4.20. The number of hydrogen-bond acceptors (Lipinski definition) is 4. The number of nitrogens with zero attached hydrogens (tertiary/aromatic N) is 2. The second-order valence-electron chi connectivity index (χ2n) is 5.41. The smallest absolute Gasteiger partial charge is 0.186 e. The Morgan fingerprint density at radius 3 is 2.75 bits per heavy atom. The number of methoxy groups -OCH3 is 1. The quantitative estimate of drug-likeness (QED) is 0.725. The Labute approximate surface area is 121 Å². The number of aliphatic imine (C=N–C) groups is 1. The number of allylic oxidation sites excluding steroid dienone is 1. The van der Waals surface area contributed by atoms with E-state index in [0.29, 0.717) is 5.57 Å². The minimum absolute atomic E-state index is 0.491. The zero-order valence-corrected chi connectivity index (χ0v) is 12.5. The van der Waals surface area contributed by atoms with E-state index in [-0.39, 0.29) is 0 Å². The average molecular weight is 276 g/mol. The fraction of sp³-hybridized carbons (Fsp3) is 0.688. The Kier molecular flexibility index (Phi) is 5.57. The Bertz CT molecular complexity index is 441. The molecule has 0 aromatic rings. The van der Waals surface area contributed by atoms with E-state index in [2.05, 4.69) is 22.8 Å². The van der Waals surface area contributed by atoms with Gasteiger partial charge in [0.1, 0.15) is 11.5 Å². The van der Waals surface area contributed by atoms with Gasteiger partial charge in [-0.1, -0.05) is 13.3 Å². The molecule has 0 N–H and O–H groups in total. The summed E-state index contributed by atoms with van der Waals surface area (Å²) in [7, 11) is 1.59. The predicted molar refractivity (Wildman–Crippen MR) is 80.5 cm³/mol. The Morgan fingerprint density at radius 1 is 1.40 bits per heavy atom. The van der Waals surface area contributed by atoms with Crippen LogP contribution in [0.15, 0.2) is 21.8 Å². The van der Waals surface area contributed by atoms with E-state index in [1.165, 1.54) is 24.8 Å². The van der Waals surface area contributed by atoms with E-state index < -0.39 is 6.23 Å². The van der Waals surface area contributed by atoms with E-state index in [9.17, 15) is 4.79 Å². The van der Waals surface area contributed by atoms with Crippen molar-refractivity contribution in [1.29, 1.82) is 0 Å². The van der Waals surface area contributed by atoms with Crippen molar-refractivity contribution in [2.75, 3.05) is 20.2 Å². The number of ether oxygens (including phenoxy) is 1. The third-order valence-electron chi connectivity index (χ3n) is 3.98. The number of dihydropyridines is 1. The standard InChI is InChI=1S/C16H24N2O2/c1-3-4-8-13-11-17-16(20-2)14(12-19)15(13)18-9-6-5-7-10-18/h11,16H,3-10H2,1-2H3. The van der Waals surface area contributed by atoms with Gasteiger partial charge >= 0.3 is 0 Å². The number of piperidine rings is 1. The lowest BCUT2D eigenvalue weighted by Gasteiger charge is -2.35. The SMILES string of the molecule is CCCCC1=C(N2CCCCC2)C(=C=O)C(OC)N=C1. The monoisotopic (exact) mass is 276 g/mol. The summed E-state index contributed by atoms with van der Waals surface area (Å²) in [5, 5.41) is 0. The minimum atomic E-state index is -0.491. The Morgan fingerprint density at radius 2 is 2.15 bits per heavy atom. The van der Waals surface area contributed by atoms with Gasteiger partial charge in [0, 0.05) is 26.4 Å². The lowest BCUT2D eigenvalue weighted by Crippen LogP contribution is -2.35. The van der Waals surface area contributed by atoms with Crippen molar-refractivity contribution in [2.45, 2.75) is 51.7 Å². The van der Waals surface area contributed by atoms with Crippen molar-refractivity contribution in [1.82, 2.24) is 4.90 Å². The van der Waals surface area contributed by atoms with Crippen molar-refractivity contribution in [2.24, 2.45) is 4.99 Å². The first-order valence-electron chi connectivity index (χ1n) is 7.61. The van der Waals surface area contributed by atoms with Crippen molar-refractivity contribution >= 4 is 12.2 Å². The summed E-state index contributed by atoms with van der Waals surface area (Å²) in [6, 6.07) is 0. The molecule has 1 fully saturated rings. The van der Waals surface area contributed by atoms with Gasteiger partial charge in [-0.2, -0.15) is 0 Å². The summed E-state index contributed by atoms with van der Waals surface area (Å²) in [5.74, 6) is 2.09. The summed E-state index contributed by atoms with van der Waals surface area (Å²) < 4.78 is 5.31. The van der Waals surface area contributed by atoms with E-state index in [4.69, 9.17) is 4.74 Å². The molecule has 1 unspecified atom stereocenters. The summed E-state index contributed by atoms with van der Waals surface area (Å²) in [6.07, 6.45) is 8.27. The van der Waals surface area contributed by atoms with Gasteiger partial charge in [0.15, 0.2) is 6.23 Å². The van der Waals surface area contributed by atoms with Crippen LogP contribution in [0.2, 0.25) is 0 Å². The molecule has 4 heteroatoms. The first kappa shape index (κ1) is 15.0. The molecule has 0 bridgehead atoms. The topological polar surface area (TPSA) is 41.9 Å². The number of likely N-dealkylation sites (tertiary alicyclic amines) is 1. The molecule has 2 aliphatic heterocycles. The minimum Gasteiger partial charge on any atom is -0.370 e. The molecule has 20 heavy (non-hydrogen) atoms. The van der Waals surface area contributed by atoms with Crippen molar-refractivity contribution in [3.63, 3.8) is 0 Å². The Hall–Kier alpha value is -1.38. The van der Waals surface area contributed by atoms with Crippen LogP contribution in [0, 0.1) is 0 Å². The summed E-state index contributed by atoms with van der Waals surface area (Å²) >= 11 is 0. The molecule has 2 aliphatic rings. The van der Waals surface area contributed by atoms with Gasteiger partial charge in [-0.05, 0) is 37.7 Å². The van der Waals surface area contributed by atoms with Crippen LogP contribution in [0.25, 0.3) is 0 Å². The maximum Gasteiger partial charge on any atom is 0.186 e. The second kappa shape index (κ2) is 7.41. The molecular formula is C16H24N2O2. The van der Waals surface area contributed by atoms with E-state index >= 15 is 0 Å². The molecule has 1 saturated heterocycles. The van der Waals surface area contributed by atoms with Gasteiger partial charge in [-0.15, -0.1) is 0 Å². The molecule has 2 heterocycles. The molecule has 2 rings (SSSR count). The van der Waals surface area contributed by atoms with Crippen LogP contribution in [-0.4, -0.2) is 43.5 Å². The largest absolute Gasteiger partial charge is 0.370 e.